The Balaban J connectivity index is 2.05. The predicted octanol–water partition coefficient (Wildman–Crippen LogP) is 7.55. The Labute approximate surface area is 212 Å². The van der Waals surface area contributed by atoms with Gasteiger partial charge in [0.2, 0.25) is 0 Å². The summed E-state index contributed by atoms with van der Waals surface area (Å²) in [5, 5.41) is 21.5. The molecule has 6 nitrogen and oxygen atoms in total. The van der Waals surface area contributed by atoms with E-state index < -0.39 is 12.1 Å². The molecule has 0 bridgehead atoms. The molecule has 0 saturated carbocycles. The highest BCUT2D eigenvalue weighted by Gasteiger charge is 2.17. The van der Waals surface area contributed by atoms with Crippen molar-refractivity contribution in [2.45, 2.75) is 53.1 Å². The van der Waals surface area contributed by atoms with Gasteiger partial charge in [0, 0.05) is 6.07 Å². The third-order valence-corrected chi connectivity index (χ3v) is 6.20. The van der Waals surface area contributed by atoms with Crippen LogP contribution in [0.15, 0.2) is 49.1 Å². The number of rotatable bonds is 9. The van der Waals surface area contributed by atoms with E-state index in [0.29, 0.717) is 16.5 Å². The van der Waals surface area contributed by atoms with Crippen molar-refractivity contribution in [3.8, 4) is 5.69 Å². The first-order valence-electron chi connectivity index (χ1n) is 11.8. The second-order valence-corrected chi connectivity index (χ2v) is 8.85. The van der Waals surface area contributed by atoms with Crippen LogP contribution in [0.4, 0.5) is 16.3 Å². The Kier molecular flexibility index (Phi) is 8.90. The molecule has 1 atom stereocenters. The Morgan fingerprint density at radius 3 is 2.71 bits per heavy atom. The molecule has 2 aromatic carbocycles. The highest BCUT2D eigenvalue weighted by atomic mass is 35.5. The van der Waals surface area contributed by atoms with Crippen molar-refractivity contribution in [1.82, 2.24) is 9.78 Å². The van der Waals surface area contributed by atoms with Crippen LogP contribution in [0, 0.1) is 6.92 Å². The zero-order valence-electron chi connectivity index (χ0n) is 20.7. The van der Waals surface area contributed by atoms with E-state index >= 15 is 0 Å². The van der Waals surface area contributed by atoms with Gasteiger partial charge < -0.3 is 10.4 Å². The lowest BCUT2D eigenvalue weighted by Crippen LogP contribution is -2.21. The third kappa shape index (κ3) is 6.21. The van der Waals surface area contributed by atoms with Gasteiger partial charge in [-0.2, -0.15) is 5.10 Å². The molecule has 0 aliphatic rings. The lowest BCUT2D eigenvalue weighted by molar-refractivity contribution is 0.199. The van der Waals surface area contributed by atoms with Crippen molar-refractivity contribution >= 4 is 41.3 Å². The third-order valence-electron chi connectivity index (χ3n) is 5.70. The summed E-state index contributed by atoms with van der Waals surface area (Å²) in [6.07, 6.45) is 7.76. The first-order valence-corrected chi connectivity index (χ1v) is 12.2. The molecule has 1 aromatic heterocycles. The van der Waals surface area contributed by atoms with Crippen LogP contribution in [0.2, 0.25) is 5.02 Å². The summed E-state index contributed by atoms with van der Waals surface area (Å²) in [5.74, 6) is 0.520. The van der Waals surface area contributed by atoms with Gasteiger partial charge in [0.25, 0.3) is 0 Å². The second-order valence-electron chi connectivity index (χ2n) is 8.47. The number of anilines is 2. The average Bonchev–Trinajstić information content (AvgIpc) is 3.22. The van der Waals surface area contributed by atoms with Crippen LogP contribution in [0.5, 0.6) is 0 Å². The fraction of sp³-hybridized carbons (Fsp3) is 0.286. The lowest BCUT2D eigenvalue weighted by Gasteiger charge is -2.17. The van der Waals surface area contributed by atoms with E-state index in [4.69, 9.17) is 16.7 Å². The first kappa shape index (κ1) is 26.3. The van der Waals surface area contributed by atoms with Crippen LogP contribution in [-0.2, 0) is 6.42 Å². The standard InChI is InChI=1S/C28H33ClN4O2/c1-6-9-13-21-16-26(31-28(35)30-25-14-10-12-18(4)27(25)29)33(32-21)22-15-20(11-7-2)23(8-3)24(17-22)19(5)34/h7-8,10-12,14-17,19,34H,3,6,9,13H2,1-2,4-5H3,(H2,30,31,35)/b11-7-. The van der Waals surface area contributed by atoms with Crippen LogP contribution < -0.4 is 10.6 Å². The highest BCUT2D eigenvalue weighted by molar-refractivity contribution is 6.34. The number of allylic oxidation sites excluding steroid dienone is 1. The molecule has 1 unspecified atom stereocenters. The van der Waals surface area contributed by atoms with Crippen molar-refractivity contribution in [2.75, 3.05) is 10.6 Å². The van der Waals surface area contributed by atoms with E-state index in [2.05, 4.69) is 24.1 Å². The van der Waals surface area contributed by atoms with E-state index in [-0.39, 0.29) is 0 Å². The van der Waals surface area contributed by atoms with Crippen molar-refractivity contribution < 1.29 is 9.90 Å². The molecule has 0 saturated heterocycles. The Morgan fingerprint density at radius 1 is 1.29 bits per heavy atom. The number of halogens is 1. The molecular weight excluding hydrogens is 460 g/mol. The predicted molar refractivity (Wildman–Crippen MR) is 146 cm³/mol. The van der Waals surface area contributed by atoms with Crippen molar-refractivity contribution in [2.24, 2.45) is 0 Å². The number of nitrogens with zero attached hydrogens (tertiary/aromatic N) is 2. The summed E-state index contributed by atoms with van der Waals surface area (Å²) >= 11 is 6.35. The number of nitrogens with one attached hydrogen (secondary N) is 2. The molecule has 184 valence electrons. The fourth-order valence-electron chi connectivity index (χ4n) is 3.91. The number of amides is 2. The fourth-order valence-corrected chi connectivity index (χ4v) is 4.09. The molecular formula is C28H33ClN4O2. The summed E-state index contributed by atoms with van der Waals surface area (Å²) in [4.78, 5) is 12.9. The summed E-state index contributed by atoms with van der Waals surface area (Å²) in [6, 6.07) is 10.8. The number of urea groups is 1. The van der Waals surface area contributed by atoms with E-state index in [1.54, 1.807) is 23.7 Å². The molecule has 7 heteroatoms. The SMILES string of the molecule is C=Cc1c(/C=C\C)cc(-n2nc(CCCC)cc2NC(=O)Nc2cccc(C)c2Cl)cc1C(C)O. The van der Waals surface area contributed by atoms with Gasteiger partial charge in [0.1, 0.15) is 5.82 Å². The van der Waals surface area contributed by atoms with Gasteiger partial charge in [-0.3, -0.25) is 5.32 Å². The number of aliphatic hydroxyl groups excluding tert-OH is 1. The van der Waals surface area contributed by atoms with Crippen LogP contribution in [0.25, 0.3) is 17.8 Å². The average molecular weight is 493 g/mol. The van der Waals surface area contributed by atoms with Gasteiger partial charge >= 0.3 is 6.03 Å². The smallest absolute Gasteiger partial charge is 0.324 e. The Bertz CT molecular complexity index is 1240. The van der Waals surface area contributed by atoms with Gasteiger partial charge in [-0.15, -0.1) is 0 Å². The Morgan fingerprint density at radius 2 is 2.06 bits per heavy atom. The maximum absolute atomic E-state index is 12.9. The van der Waals surface area contributed by atoms with Gasteiger partial charge in [-0.25, -0.2) is 9.48 Å². The largest absolute Gasteiger partial charge is 0.389 e. The van der Waals surface area contributed by atoms with E-state index in [0.717, 1.165) is 52.9 Å². The monoisotopic (exact) mass is 492 g/mol. The molecule has 2 amide bonds. The maximum atomic E-state index is 12.9. The molecule has 35 heavy (non-hydrogen) atoms. The molecule has 0 aliphatic heterocycles. The topological polar surface area (TPSA) is 79.2 Å². The number of carbonyl (C=O) groups is 1. The van der Waals surface area contributed by atoms with Crippen molar-refractivity contribution in [1.29, 1.82) is 0 Å². The van der Waals surface area contributed by atoms with Crippen molar-refractivity contribution in [3.05, 3.63) is 82.0 Å². The quantitative estimate of drug-likeness (QED) is 0.288. The first-order chi connectivity index (χ1) is 16.8. The minimum atomic E-state index is -0.703. The van der Waals surface area contributed by atoms with E-state index in [1.807, 2.05) is 56.3 Å². The molecule has 0 aliphatic carbocycles. The van der Waals surface area contributed by atoms with Gasteiger partial charge in [-0.1, -0.05) is 61.9 Å². The zero-order chi connectivity index (χ0) is 25.5. The van der Waals surface area contributed by atoms with Crippen molar-refractivity contribution in [3.63, 3.8) is 0 Å². The minimum absolute atomic E-state index is 0.423. The molecule has 0 spiro atoms. The van der Waals surface area contributed by atoms with E-state index in [9.17, 15) is 9.90 Å². The number of benzene rings is 2. The number of hydrogen-bond acceptors (Lipinski definition) is 3. The number of unbranched alkanes of at least 4 members (excludes halogenated alkanes) is 1. The molecule has 3 aromatic rings. The van der Waals surface area contributed by atoms with Gasteiger partial charge in [0.05, 0.1) is 28.2 Å². The summed E-state index contributed by atoms with van der Waals surface area (Å²) in [5.41, 5.74) is 5.51. The van der Waals surface area contributed by atoms with Crippen LogP contribution in [-0.4, -0.2) is 20.9 Å². The molecule has 3 N–H and O–H groups in total. The number of aryl methyl sites for hydroxylation is 2. The second kappa shape index (κ2) is 11.9. The van der Waals surface area contributed by atoms with Gasteiger partial charge in [-0.05, 0) is 74.1 Å². The van der Waals surface area contributed by atoms with Crippen LogP contribution >= 0.6 is 11.6 Å². The Hall–Kier alpha value is -3.35. The number of carbonyl (C=O) groups excluding carboxylic acids is 1. The summed E-state index contributed by atoms with van der Waals surface area (Å²) in [7, 11) is 0. The van der Waals surface area contributed by atoms with Gasteiger partial charge in [0.15, 0.2) is 0 Å². The molecule has 3 rings (SSSR count). The van der Waals surface area contributed by atoms with Crippen LogP contribution in [0.3, 0.4) is 0 Å². The summed E-state index contributed by atoms with van der Waals surface area (Å²) < 4.78 is 1.70. The lowest BCUT2D eigenvalue weighted by atomic mass is 9.96. The molecule has 0 fully saturated rings. The molecule has 1 heterocycles. The van der Waals surface area contributed by atoms with Crippen LogP contribution in [0.1, 0.15) is 67.7 Å². The number of hydrogen-bond donors (Lipinski definition) is 3. The molecule has 0 radical (unpaired) electrons. The zero-order valence-corrected chi connectivity index (χ0v) is 21.5. The number of aromatic nitrogens is 2. The number of aliphatic hydroxyl groups is 1. The summed E-state index contributed by atoms with van der Waals surface area (Å²) in [6.45, 7) is 11.6. The highest BCUT2D eigenvalue weighted by Crippen LogP contribution is 2.30. The van der Waals surface area contributed by atoms with E-state index in [1.165, 1.54) is 0 Å². The minimum Gasteiger partial charge on any atom is -0.389 e. The normalized spacial score (nSPS) is 12.1. The maximum Gasteiger partial charge on any atom is 0.324 e.